The molecule has 0 bridgehead atoms. The Kier molecular flexibility index (Phi) is 4.87. The summed E-state index contributed by atoms with van der Waals surface area (Å²) in [4.78, 5) is 9.40. The lowest BCUT2D eigenvalue weighted by atomic mass is 9.86. The van der Waals surface area contributed by atoms with Crippen molar-refractivity contribution in [1.29, 1.82) is 0 Å². The van der Waals surface area contributed by atoms with E-state index in [1.165, 1.54) is 49.0 Å². The van der Waals surface area contributed by atoms with Crippen LogP contribution in [0.1, 0.15) is 19.4 Å². The highest BCUT2D eigenvalue weighted by molar-refractivity contribution is 6.21. The molecule has 1 aromatic heterocycles. The molecule has 0 spiro atoms. The summed E-state index contributed by atoms with van der Waals surface area (Å²) in [6, 6.07) is 34.9. The summed E-state index contributed by atoms with van der Waals surface area (Å²) in [6.45, 7) is 4.76. The van der Waals surface area contributed by atoms with Crippen LogP contribution in [-0.4, -0.2) is 23.0 Å². The Hall–Kier alpha value is -4.50. The highest BCUT2D eigenvalue weighted by Crippen LogP contribution is 2.44. The molecule has 0 saturated heterocycles. The normalized spacial score (nSPS) is 14.7. The fraction of sp³-hybridized carbons (Fsp3) is 0.118. The van der Waals surface area contributed by atoms with E-state index in [2.05, 4.69) is 116 Å². The van der Waals surface area contributed by atoms with Gasteiger partial charge in [-0.05, 0) is 75.0 Å². The van der Waals surface area contributed by atoms with Gasteiger partial charge < -0.3 is 4.74 Å². The van der Waals surface area contributed by atoms with Crippen LogP contribution in [0.4, 0.5) is 0 Å². The second-order valence-electron chi connectivity index (χ2n) is 10.4. The van der Waals surface area contributed by atoms with Gasteiger partial charge in [0.05, 0.1) is 11.1 Å². The molecule has 0 radical (unpaired) electrons. The lowest BCUT2D eigenvalue weighted by molar-refractivity contribution is 0.279. The van der Waals surface area contributed by atoms with Gasteiger partial charge in [0.1, 0.15) is 6.61 Å². The first-order valence-electron chi connectivity index (χ1n) is 12.7. The molecule has 6 aromatic rings. The van der Waals surface area contributed by atoms with Gasteiger partial charge in [0.15, 0.2) is 0 Å². The van der Waals surface area contributed by atoms with E-state index in [1.807, 2.05) is 12.4 Å². The zero-order chi connectivity index (χ0) is 25.0. The molecule has 1 aliphatic heterocycles. The average molecular weight is 479 g/mol. The minimum Gasteiger partial charge on any atom is -0.475 e. The van der Waals surface area contributed by atoms with Crippen LogP contribution in [0.15, 0.2) is 114 Å². The molecule has 0 saturated carbocycles. The summed E-state index contributed by atoms with van der Waals surface area (Å²) in [5, 5.41) is 7.37. The van der Waals surface area contributed by atoms with Crippen molar-refractivity contribution >= 4 is 38.2 Å². The molecule has 7 rings (SSSR count). The molecule has 0 amide bonds. The molecule has 3 nitrogen and oxygen atoms in total. The molecule has 0 aliphatic carbocycles. The standard InChI is InChI=1S/C34H26N2O/c1-34(2)21-37-33(36-34)26-18-25(19-35-20-26)32-29-13-7-5-11-27(29)31(28-12-6-8-14-30(28)32)24-16-15-22-9-3-4-10-23(22)17-24/h3-20H,21H2,1-2H3. The Morgan fingerprint density at radius 1 is 0.595 bits per heavy atom. The number of hydrogen-bond acceptors (Lipinski definition) is 3. The van der Waals surface area contributed by atoms with Crippen LogP contribution in [0.25, 0.3) is 54.6 Å². The van der Waals surface area contributed by atoms with Crippen LogP contribution >= 0.6 is 0 Å². The Labute approximate surface area is 216 Å². The third-order valence-corrected chi connectivity index (χ3v) is 7.21. The van der Waals surface area contributed by atoms with Gasteiger partial charge in [-0.1, -0.05) is 84.9 Å². The molecule has 1 aliphatic rings. The van der Waals surface area contributed by atoms with Gasteiger partial charge in [-0.15, -0.1) is 0 Å². The van der Waals surface area contributed by atoms with E-state index in [0.717, 1.165) is 11.1 Å². The van der Waals surface area contributed by atoms with Crippen molar-refractivity contribution in [1.82, 2.24) is 4.98 Å². The van der Waals surface area contributed by atoms with Gasteiger partial charge in [0.2, 0.25) is 5.90 Å². The first-order valence-corrected chi connectivity index (χ1v) is 12.7. The van der Waals surface area contributed by atoms with Crippen LogP contribution in [-0.2, 0) is 4.74 Å². The maximum absolute atomic E-state index is 5.94. The number of aliphatic imine (C=N–C) groups is 1. The minimum absolute atomic E-state index is 0.216. The Balaban J connectivity index is 1.52. The number of aromatic nitrogens is 1. The van der Waals surface area contributed by atoms with E-state index < -0.39 is 0 Å². The first-order chi connectivity index (χ1) is 18.1. The Morgan fingerprint density at radius 3 is 1.78 bits per heavy atom. The minimum atomic E-state index is -0.216. The van der Waals surface area contributed by atoms with Crippen molar-refractivity contribution in [2.75, 3.05) is 6.61 Å². The zero-order valence-corrected chi connectivity index (χ0v) is 20.9. The van der Waals surface area contributed by atoms with Crippen LogP contribution in [0, 0.1) is 0 Å². The molecular weight excluding hydrogens is 452 g/mol. The van der Waals surface area contributed by atoms with Crippen molar-refractivity contribution in [2.24, 2.45) is 4.99 Å². The molecule has 2 heterocycles. The maximum atomic E-state index is 5.94. The molecule has 37 heavy (non-hydrogen) atoms. The fourth-order valence-corrected chi connectivity index (χ4v) is 5.52. The number of pyridine rings is 1. The average Bonchev–Trinajstić information content (AvgIpc) is 3.31. The van der Waals surface area contributed by atoms with Crippen LogP contribution < -0.4 is 0 Å². The molecule has 3 heteroatoms. The second-order valence-corrected chi connectivity index (χ2v) is 10.4. The number of hydrogen-bond donors (Lipinski definition) is 0. The largest absolute Gasteiger partial charge is 0.475 e. The number of rotatable bonds is 3. The third-order valence-electron chi connectivity index (χ3n) is 7.21. The SMILES string of the molecule is CC1(C)COC(c2cncc(-c3c4ccccc4c(-c4ccc5ccccc5c4)c4ccccc34)c2)=N1. The quantitative estimate of drug-likeness (QED) is 0.239. The van der Waals surface area contributed by atoms with E-state index in [0.29, 0.717) is 12.5 Å². The van der Waals surface area contributed by atoms with Crippen LogP contribution in [0.2, 0.25) is 0 Å². The Morgan fingerprint density at radius 2 is 1.16 bits per heavy atom. The van der Waals surface area contributed by atoms with Gasteiger partial charge in [-0.3, -0.25) is 4.98 Å². The molecule has 0 fully saturated rings. The van der Waals surface area contributed by atoms with Crippen molar-refractivity contribution in [3.05, 3.63) is 115 Å². The van der Waals surface area contributed by atoms with E-state index >= 15 is 0 Å². The van der Waals surface area contributed by atoms with E-state index in [4.69, 9.17) is 9.73 Å². The van der Waals surface area contributed by atoms with E-state index in [1.54, 1.807) is 0 Å². The molecule has 178 valence electrons. The van der Waals surface area contributed by atoms with Crippen molar-refractivity contribution in [2.45, 2.75) is 19.4 Å². The highest BCUT2D eigenvalue weighted by Gasteiger charge is 2.27. The van der Waals surface area contributed by atoms with E-state index in [9.17, 15) is 0 Å². The number of benzene rings is 5. The number of nitrogens with zero attached hydrogens (tertiary/aromatic N) is 2. The van der Waals surface area contributed by atoms with Gasteiger partial charge in [-0.2, -0.15) is 0 Å². The van der Waals surface area contributed by atoms with Crippen molar-refractivity contribution < 1.29 is 4.74 Å². The zero-order valence-electron chi connectivity index (χ0n) is 20.9. The smallest absolute Gasteiger partial charge is 0.218 e. The predicted molar refractivity (Wildman–Crippen MR) is 154 cm³/mol. The number of ether oxygens (including phenoxy) is 1. The summed E-state index contributed by atoms with van der Waals surface area (Å²) in [5.41, 5.74) is 5.42. The van der Waals surface area contributed by atoms with Crippen molar-refractivity contribution in [3.63, 3.8) is 0 Å². The summed E-state index contributed by atoms with van der Waals surface area (Å²) in [6.07, 6.45) is 3.80. The third kappa shape index (κ3) is 3.66. The van der Waals surface area contributed by atoms with E-state index in [-0.39, 0.29) is 5.54 Å². The van der Waals surface area contributed by atoms with Gasteiger partial charge in [-0.25, -0.2) is 4.99 Å². The van der Waals surface area contributed by atoms with Crippen molar-refractivity contribution in [3.8, 4) is 22.3 Å². The van der Waals surface area contributed by atoms with Gasteiger partial charge in [0.25, 0.3) is 0 Å². The van der Waals surface area contributed by atoms with Gasteiger partial charge in [0, 0.05) is 18.0 Å². The highest BCUT2D eigenvalue weighted by atomic mass is 16.5. The lowest BCUT2D eigenvalue weighted by Gasteiger charge is -2.18. The summed E-state index contributed by atoms with van der Waals surface area (Å²) >= 11 is 0. The maximum Gasteiger partial charge on any atom is 0.218 e. The number of fused-ring (bicyclic) bond motifs is 3. The van der Waals surface area contributed by atoms with Gasteiger partial charge >= 0.3 is 0 Å². The van der Waals surface area contributed by atoms with Crippen LogP contribution in [0.3, 0.4) is 0 Å². The summed E-state index contributed by atoms with van der Waals surface area (Å²) in [5.74, 6) is 0.667. The second kappa shape index (κ2) is 8.28. The molecular formula is C34H26N2O. The molecule has 5 aromatic carbocycles. The summed E-state index contributed by atoms with van der Waals surface area (Å²) in [7, 11) is 0. The van der Waals surface area contributed by atoms with Crippen LogP contribution in [0.5, 0.6) is 0 Å². The Bertz CT molecular complexity index is 1810. The monoisotopic (exact) mass is 478 g/mol. The topological polar surface area (TPSA) is 34.5 Å². The fourth-order valence-electron chi connectivity index (χ4n) is 5.52. The predicted octanol–water partition coefficient (Wildman–Crippen LogP) is 8.43. The molecule has 0 atom stereocenters. The first kappa shape index (κ1) is 21.8. The molecule has 0 unspecified atom stereocenters. The lowest BCUT2D eigenvalue weighted by Crippen LogP contribution is -2.17. The molecule has 0 N–H and O–H groups in total. The summed E-state index contributed by atoms with van der Waals surface area (Å²) < 4.78 is 5.94.